The van der Waals surface area contributed by atoms with Crippen molar-refractivity contribution in [2.75, 3.05) is 12.5 Å². The Morgan fingerprint density at radius 3 is 2.52 bits per heavy atom. The number of nitriles is 1. The molecule has 0 radical (unpaired) electrons. The minimum atomic E-state index is -0.438. The van der Waals surface area contributed by atoms with Gasteiger partial charge in [-0.1, -0.05) is 12.1 Å². The molecule has 0 unspecified atom stereocenters. The van der Waals surface area contributed by atoms with E-state index in [9.17, 15) is 4.79 Å². The predicted molar refractivity (Wildman–Crippen MR) is 92.9 cm³/mol. The first-order valence-corrected chi connectivity index (χ1v) is 7.08. The molecule has 2 aromatic rings. The smallest absolute Gasteiger partial charge is 0.337 e. The van der Waals surface area contributed by atoms with E-state index in [4.69, 9.17) is 21.1 Å². The molecular weight excluding hydrogens is 322 g/mol. The van der Waals surface area contributed by atoms with E-state index in [0.717, 1.165) is 0 Å². The molecule has 2 rings (SSSR count). The van der Waals surface area contributed by atoms with E-state index in [1.807, 2.05) is 0 Å². The predicted octanol–water partition coefficient (Wildman–Crippen LogP) is 2.49. The van der Waals surface area contributed by atoms with Crippen LogP contribution in [0.4, 0.5) is 5.69 Å². The van der Waals surface area contributed by atoms with E-state index in [1.165, 1.54) is 7.11 Å². The number of para-hydroxylation sites is 2. The maximum atomic E-state index is 11.4. The zero-order chi connectivity index (χ0) is 18.2. The first-order chi connectivity index (χ1) is 12.0. The molecular formula is C17H15N5O3. The zero-order valence-corrected chi connectivity index (χ0v) is 13.3. The fourth-order valence-corrected chi connectivity index (χ4v) is 1.81. The maximum Gasteiger partial charge on any atom is 0.337 e. The number of carbonyl (C=O) groups excluding carboxylic acids is 1. The van der Waals surface area contributed by atoms with Crippen LogP contribution >= 0.6 is 0 Å². The number of benzene rings is 2. The van der Waals surface area contributed by atoms with E-state index in [2.05, 4.69) is 15.3 Å². The topological polar surface area (TPSA) is 134 Å². The Bertz CT molecular complexity index is 853. The van der Waals surface area contributed by atoms with E-state index < -0.39 is 11.8 Å². The summed E-state index contributed by atoms with van der Waals surface area (Å²) < 4.78 is 10.4. The highest BCUT2D eigenvalue weighted by Crippen LogP contribution is 2.29. The van der Waals surface area contributed by atoms with Gasteiger partial charge in [0.25, 0.3) is 0 Å². The second kappa shape index (κ2) is 8.12. The molecule has 126 valence electrons. The molecule has 0 aliphatic carbocycles. The van der Waals surface area contributed by atoms with Gasteiger partial charge < -0.3 is 15.2 Å². The Morgan fingerprint density at radius 2 is 1.92 bits per heavy atom. The van der Waals surface area contributed by atoms with Crippen molar-refractivity contribution in [3.05, 3.63) is 54.1 Å². The molecule has 0 saturated carbocycles. The van der Waals surface area contributed by atoms with Gasteiger partial charge in [-0.15, -0.1) is 0 Å². The zero-order valence-electron chi connectivity index (χ0n) is 13.3. The van der Waals surface area contributed by atoms with Gasteiger partial charge >= 0.3 is 5.97 Å². The number of rotatable bonds is 6. The second-order valence-electron chi connectivity index (χ2n) is 4.71. The van der Waals surface area contributed by atoms with E-state index in [-0.39, 0.29) is 5.71 Å². The van der Waals surface area contributed by atoms with Crippen molar-refractivity contribution in [3.63, 3.8) is 0 Å². The van der Waals surface area contributed by atoms with Crippen LogP contribution in [0.1, 0.15) is 10.4 Å². The third-order valence-corrected chi connectivity index (χ3v) is 3.04. The quantitative estimate of drug-likeness (QED) is 0.321. The molecule has 8 nitrogen and oxygen atoms in total. The van der Waals surface area contributed by atoms with Gasteiger partial charge in [-0.05, 0) is 36.4 Å². The van der Waals surface area contributed by atoms with Gasteiger partial charge in [0.05, 0.1) is 18.4 Å². The van der Waals surface area contributed by atoms with Crippen LogP contribution in [-0.2, 0) is 4.74 Å². The number of hydrogen-bond acceptors (Lipinski definition) is 7. The highest BCUT2D eigenvalue weighted by atomic mass is 16.5. The van der Waals surface area contributed by atoms with Crippen molar-refractivity contribution >= 4 is 23.2 Å². The average molecular weight is 337 g/mol. The molecule has 25 heavy (non-hydrogen) atoms. The Kier molecular flexibility index (Phi) is 5.68. The van der Waals surface area contributed by atoms with Crippen LogP contribution in [0.25, 0.3) is 0 Å². The number of esters is 1. The molecule has 0 fully saturated rings. The summed E-state index contributed by atoms with van der Waals surface area (Å²) in [6.45, 7) is 0. The maximum absolute atomic E-state index is 11.4. The Morgan fingerprint density at radius 1 is 1.24 bits per heavy atom. The molecule has 0 saturated heterocycles. The standard InChI is InChI=1S/C17H15N5O3/c1-24-17(23)11-6-8-12(9-7-11)25-15-5-3-2-4-13(15)21-22-14(10-18)16(19)20/h2-9,21H,1H3,(H3,19,20)/b22-14+. The third kappa shape index (κ3) is 4.56. The van der Waals surface area contributed by atoms with Gasteiger partial charge in [-0.25, -0.2) is 4.79 Å². The molecule has 8 heteroatoms. The Balaban J connectivity index is 2.19. The third-order valence-electron chi connectivity index (χ3n) is 3.04. The van der Waals surface area contributed by atoms with Gasteiger partial charge in [0.1, 0.15) is 11.8 Å². The summed E-state index contributed by atoms with van der Waals surface area (Å²) in [6.07, 6.45) is 0. The minimum absolute atomic E-state index is 0.239. The van der Waals surface area contributed by atoms with Crippen molar-refractivity contribution in [2.24, 2.45) is 10.8 Å². The van der Waals surface area contributed by atoms with Gasteiger partial charge in [0.15, 0.2) is 11.6 Å². The highest BCUT2D eigenvalue weighted by Gasteiger charge is 2.08. The lowest BCUT2D eigenvalue weighted by atomic mass is 10.2. The second-order valence-corrected chi connectivity index (χ2v) is 4.71. The van der Waals surface area contributed by atoms with Gasteiger partial charge in [-0.3, -0.25) is 10.8 Å². The van der Waals surface area contributed by atoms with Crippen LogP contribution in [0.5, 0.6) is 11.5 Å². The normalized spacial score (nSPS) is 10.5. The number of nitrogens with two attached hydrogens (primary N) is 1. The number of hydrazone groups is 1. The lowest BCUT2D eigenvalue weighted by Crippen LogP contribution is -2.21. The number of amidine groups is 1. The monoisotopic (exact) mass is 337 g/mol. The van der Waals surface area contributed by atoms with Crippen molar-refractivity contribution in [2.45, 2.75) is 0 Å². The number of nitrogens with zero attached hydrogens (tertiary/aromatic N) is 2. The van der Waals surface area contributed by atoms with Gasteiger partial charge in [-0.2, -0.15) is 10.4 Å². The molecule has 0 spiro atoms. The van der Waals surface area contributed by atoms with Crippen molar-refractivity contribution in [1.82, 2.24) is 0 Å². The molecule has 2 aromatic carbocycles. The number of carbonyl (C=O) groups is 1. The summed E-state index contributed by atoms with van der Waals surface area (Å²) in [5.41, 5.74) is 8.54. The number of nitrogens with one attached hydrogen (secondary N) is 2. The molecule has 0 amide bonds. The largest absolute Gasteiger partial charge is 0.465 e. The van der Waals surface area contributed by atoms with Gasteiger partial charge in [0, 0.05) is 0 Å². The number of anilines is 1. The molecule has 4 N–H and O–H groups in total. The lowest BCUT2D eigenvalue weighted by Gasteiger charge is -2.11. The van der Waals surface area contributed by atoms with E-state index in [0.29, 0.717) is 22.7 Å². The van der Waals surface area contributed by atoms with Crippen molar-refractivity contribution in [3.8, 4) is 17.6 Å². The summed E-state index contributed by atoms with van der Waals surface area (Å²) in [5.74, 6) is 0.0684. The van der Waals surface area contributed by atoms with E-state index in [1.54, 1.807) is 54.6 Å². The molecule has 0 atom stereocenters. The summed E-state index contributed by atoms with van der Waals surface area (Å²) >= 11 is 0. The minimum Gasteiger partial charge on any atom is -0.465 e. The lowest BCUT2D eigenvalue weighted by molar-refractivity contribution is 0.0600. The molecule has 0 heterocycles. The SMILES string of the molecule is COC(=O)c1ccc(Oc2ccccc2N/N=C(\C#N)C(=N)N)cc1. The van der Waals surface area contributed by atoms with Crippen LogP contribution in [0.2, 0.25) is 0 Å². The van der Waals surface area contributed by atoms with Crippen molar-refractivity contribution < 1.29 is 14.3 Å². The van der Waals surface area contributed by atoms with Crippen LogP contribution in [-0.4, -0.2) is 24.6 Å². The van der Waals surface area contributed by atoms with Gasteiger partial charge in [0.2, 0.25) is 5.71 Å². The average Bonchev–Trinajstić information content (AvgIpc) is 2.63. The van der Waals surface area contributed by atoms with E-state index >= 15 is 0 Å². The summed E-state index contributed by atoms with van der Waals surface area (Å²) in [4.78, 5) is 11.4. The summed E-state index contributed by atoms with van der Waals surface area (Å²) in [7, 11) is 1.31. The summed E-state index contributed by atoms with van der Waals surface area (Å²) in [6, 6.07) is 15.0. The number of hydrogen-bond donors (Lipinski definition) is 3. The molecule has 0 bridgehead atoms. The fraction of sp³-hybridized carbons (Fsp3) is 0.0588. The van der Waals surface area contributed by atoms with Crippen LogP contribution in [0.3, 0.4) is 0 Å². The van der Waals surface area contributed by atoms with Crippen LogP contribution < -0.4 is 15.9 Å². The highest BCUT2D eigenvalue weighted by molar-refractivity contribution is 6.45. The van der Waals surface area contributed by atoms with Crippen molar-refractivity contribution in [1.29, 1.82) is 10.7 Å². The molecule has 0 aliphatic heterocycles. The van der Waals surface area contributed by atoms with Crippen LogP contribution in [0.15, 0.2) is 53.6 Å². The first-order valence-electron chi connectivity index (χ1n) is 7.08. The number of ether oxygens (including phenoxy) is 2. The Hall–Kier alpha value is -3.86. The first kappa shape index (κ1) is 17.5. The fourth-order valence-electron chi connectivity index (χ4n) is 1.81. The van der Waals surface area contributed by atoms with Crippen LogP contribution in [0, 0.1) is 16.7 Å². The summed E-state index contributed by atoms with van der Waals surface area (Å²) in [5, 5.41) is 19.9. The Labute approximate surface area is 144 Å². The molecule has 0 aliphatic rings. The number of methoxy groups -OCH3 is 1. The molecule has 0 aromatic heterocycles.